The number of aromatic hydroxyl groups is 1. The molecule has 1 amide bonds. The largest absolute Gasteiger partial charge is 0.508 e. The fraction of sp³-hybridized carbons (Fsp3) is 0.208. The van der Waals surface area contributed by atoms with Crippen molar-refractivity contribution in [1.29, 1.82) is 0 Å². The van der Waals surface area contributed by atoms with Gasteiger partial charge in [0.2, 0.25) is 0 Å². The maximum absolute atomic E-state index is 13.4. The summed E-state index contributed by atoms with van der Waals surface area (Å²) in [5.74, 6) is -0.111. The van der Waals surface area contributed by atoms with Gasteiger partial charge in [-0.1, -0.05) is 55.5 Å². The molecular weight excluding hydrogens is 398 g/mol. The van der Waals surface area contributed by atoms with E-state index < -0.39 is 9.84 Å². The minimum atomic E-state index is -3.33. The van der Waals surface area contributed by atoms with E-state index in [0.29, 0.717) is 11.1 Å². The van der Waals surface area contributed by atoms with Crippen LogP contribution in [0, 0.1) is 0 Å². The Hall–Kier alpha value is -3.12. The number of benzene rings is 3. The zero-order valence-corrected chi connectivity index (χ0v) is 17.8. The van der Waals surface area contributed by atoms with E-state index in [1.165, 1.54) is 12.1 Å². The van der Waals surface area contributed by atoms with E-state index in [0.717, 1.165) is 5.56 Å². The van der Waals surface area contributed by atoms with Crippen molar-refractivity contribution in [3.8, 4) is 5.75 Å². The molecule has 30 heavy (non-hydrogen) atoms. The number of carbonyl (C=O) groups excluding carboxylic acids is 1. The van der Waals surface area contributed by atoms with Gasteiger partial charge in [-0.2, -0.15) is 0 Å². The van der Waals surface area contributed by atoms with E-state index in [1.54, 1.807) is 42.2 Å². The Morgan fingerprint density at radius 3 is 2.13 bits per heavy atom. The average Bonchev–Trinajstić information content (AvgIpc) is 2.78. The lowest BCUT2D eigenvalue weighted by Gasteiger charge is -2.30. The van der Waals surface area contributed by atoms with Crippen molar-refractivity contribution < 1.29 is 18.3 Å². The number of carbonyl (C=O) groups is 1. The van der Waals surface area contributed by atoms with Gasteiger partial charge in [-0.3, -0.25) is 4.79 Å². The van der Waals surface area contributed by atoms with Crippen molar-refractivity contribution in [2.45, 2.75) is 31.3 Å². The van der Waals surface area contributed by atoms with Gasteiger partial charge in [0, 0.05) is 11.1 Å². The van der Waals surface area contributed by atoms with E-state index >= 15 is 0 Å². The lowest BCUT2D eigenvalue weighted by Crippen LogP contribution is -2.33. The molecule has 0 saturated carbocycles. The number of nitrogens with zero attached hydrogens (tertiary/aromatic N) is 1. The molecule has 1 N–H and O–H groups in total. The van der Waals surface area contributed by atoms with Gasteiger partial charge in [0.1, 0.15) is 5.75 Å². The summed E-state index contributed by atoms with van der Waals surface area (Å²) in [6, 6.07) is 22.3. The molecule has 3 rings (SSSR count). The number of sulfone groups is 1. The second-order valence-electron chi connectivity index (χ2n) is 7.08. The van der Waals surface area contributed by atoms with Gasteiger partial charge in [0.15, 0.2) is 9.84 Å². The summed E-state index contributed by atoms with van der Waals surface area (Å²) in [7, 11) is -3.33. The van der Waals surface area contributed by atoms with E-state index in [4.69, 9.17) is 0 Å². The van der Waals surface area contributed by atoms with Crippen LogP contribution in [0.25, 0.3) is 0 Å². The average molecular weight is 424 g/mol. The number of phenolic OH excluding ortho intramolecular Hbond substituents is 1. The van der Waals surface area contributed by atoms with Crippen molar-refractivity contribution in [3.05, 3.63) is 95.6 Å². The summed E-state index contributed by atoms with van der Waals surface area (Å²) in [5.41, 5.74) is 1.99. The highest BCUT2D eigenvalue weighted by Gasteiger charge is 2.24. The number of hydrogen-bond donors (Lipinski definition) is 1. The van der Waals surface area contributed by atoms with Gasteiger partial charge in [0.05, 0.1) is 23.2 Å². The van der Waals surface area contributed by atoms with Crippen LogP contribution in [0.1, 0.15) is 41.4 Å². The van der Waals surface area contributed by atoms with Gasteiger partial charge in [-0.05, 0) is 42.8 Å². The predicted molar refractivity (Wildman–Crippen MR) is 117 cm³/mol. The molecule has 0 bridgehead atoms. The molecule has 0 spiro atoms. The SMILES string of the molecule is CCS(=O)(=O)c1ccc(C(=O)N(Cc2ccccc2O)[C@H](C)c2ccccc2)cc1. The van der Waals surface area contributed by atoms with Gasteiger partial charge in [-0.15, -0.1) is 0 Å². The zero-order valence-electron chi connectivity index (χ0n) is 17.0. The lowest BCUT2D eigenvalue weighted by molar-refractivity contribution is 0.0673. The van der Waals surface area contributed by atoms with Crippen molar-refractivity contribution in [1.82, 2.24) is 4.90 Å². The maximum Gasteiger partial charge on any atom is 0.254 e. The topological polar surface area (TPSA) is 74.7 Å². The molecule has 3 aromatic carbocycles. The Kier molecular flexibility index (Phi) is 6.57. The maximum atomic E-state index is 13.4. The predicted octanol–water partition coefficient (Wildman–Crippen LogP) is 4.59. The smallest absolute Gasteiger partial charge is 0.254 e. The molecule has 0 radical (unpaired) electrons. The molecule has 1 atom stereocenters. The molecule has 0 aliphatic rings. The Bertz CT molecular complexity index is 1110. The van der Waals surface area contributed by atoms with Crippen molar-refractivity contribution >= 4 is 15.7 Å². The highest BCUT2D eigenvalue weighted by Crippen LogP contribution is 2.27. The molecule has 3 aromatic rings. The third kappa shape index (κ3) is 4.71. The number of amides is 1. The fourth-order valence-electron chi connectivity index (χ4n) is 3.26. The fourth-order valence-corrected chi connectivity index (χ4v) is 4.15. The first-order valence-corrected chi connectivity index (χ1v) is 11.4. The Balaban J connectivity index is 1.96. The van der Waals surface area contributed by atoms with Crippen LogP contribution in [0.5, 0.6) is 5.75 Å². The first kappa shape index (κ1) is 21.6. The van der Waals surface area contributed by atoms with Crippen LogP contribution in [0.15, 0.2) is 83.8 Å². The zero-order chi connectivity index (χ0) is 21.7. The first-order valence-electron chi connectivity index (χ1n) is 9.79. The molecule has 0 saturated heterocycles. The van der Waals surface area contributed by atoms with Crippen LogP contribution in [-0.4, -0.2) is 30.1 Å². The quantitative estimate of drug-likeness (QED) is 0.603. The minimum Gasteiger partial charge on any atom is -0.508 e. The number of para-hydroxylation sites is 1. The van der Waals surface area contributed by atoms with Crippen LogP contribution < -0.4 is 0 Å². The van der Waals surface area contributed by atoms with E-state index in [1.807, 2.05) is 43.3 Å². The van der Waals surface area contributed by atoms with Crippen molar-refractivity contribution in [3.63, 3.8) is 0 Å². The molecule has 156 valence electrons. The monoisotopic (exact) mass is 423 g/mol. The molecular formula is C24H25NO4S. The van der Waals surface area contributed by atoms with Crippen molar-refractivity contribution in [2.75, 3.05) is 5.75 Å². The number of hydrogen-bond acceptors (Lipinski definition) is 4. The second-order valence-corrected chi connectivity index (χ2v) is 9.35. The van der Waals surface area contributed by atoms with Crippen molar-refractivity contribution in [2.24, 2.45) is 0 Å². The Morgan fingerprint density at radius 1 is 0.933 bits per heavy atom. The highest BCUT2D eigenvalue weighted by atomic mass is 32.2. The van der Waals surface area contributed by atoms with E-state index in [2.05, 4.69) is 0 Å². The Morgan fingerprint density at radius 2 is 1.53 bits per heavy atom. The lowest BCUT2D eigenvalue weighted by atomic mass is 10.0. The molecule has 0 aliphatic heterocycles. The summed E-state index contributed by atoms with van der Waals surface area (Å²) < 4.78 is 24.1. The first-order chi connectivity index (χ1) is 14.3. The van der Waals surface area contributed by atoms with Gasteiger partial charge < -0.3 is 10.0 Å². The minimum absolute atomic E-state index is 0.00471. The molecule has 0 aromatic heterocycles. The third-order valence-electron chi connectivity index (χ3n) is 5.18. The molecule has 0 heterocycles. The molecule has 0 aliphatic carbocycles. The Labute approximate surface area is 177 Å². The normalized spacial score (nSPS) is 12.3. The molecule has 5 nitrogen and oxygen atoms in total. The standard InChI is InChI=1S/C24H25NO4S/c1-3-30(28,29)22-15-13-20(14-16-22)24(27)25(17-21-11-7-8-12-23(21)26)18(2)19-9-5-4-6-10-19/h4-16,18,26H,3,17H2,1-2H3/t18-/m1/s1. The molecule has 0 fully saturated rings. The highest BCUT2D eigenvalue weighted by molar-refractivity contribution is 7.91. The summed E-state index contributed by atoms with van der Waals surface area (Å²) in [6.45, 7) is 3.74. The van der Waals surface area contributed by atoms with Gasteiger partial charge in [-0.25, -0.2) is 8.42 Å². The second kappa shape index (κ2) is 9.13. The van der Waals surface area contributed by atoms with Crippen LogP contribution in [0.4, 0.5) is 0 Å². The van der Waals surface area contributed by atoms with Gasteiger partial charge >= 0.3 is 0 Å². The van der Waals surface area contributed by atoms with E-state index in [-0.39, 0.29) is 34.9 Å². The summed E-state index contributed by atoms with van der Waals surface area (Å²) >= 11 is 0. The third-order valence-corrected chi connectivity index (χ3v) is 6.93. The molecule has 6 heteroatoms. The summed E-state index contributed by atoms with van der Waals surface area (Å²) in [5, 5.41) is 10.2. The summed E-state index contributed by atoms with van der Waals surface area (Å²) in [6.07, 6.45) is 0. The number of phenols is 1. The van der Waals surface area contributed by atoms with Crippen LogP contribution in [0.3, 0.4) is 0 Å². The van der Waals surface area contributed by atoms with Gasteiger partial charge in [0.25, 0.3) is 5.91 Å². The summed E-state index contributed by atoms with van der Waals surface area (Å²) in [4.78, 5) is 15.3. The van der Waals surface area contributed by atoms with Crippen LogP contribution >= 0.6 is 0 Å². The number of rotatable bonds is 7. The van der Waals surface area contributed by atoms with E-state index in [9.17, 15) is 18.3 Å². The van der Waals surface area contributed by atoms with Crippen LogP contribution in [0.2, 0.25) is 0 Å². The van der Waals surface area contributed by atoms with Crippen LogP contribution in [-0.2, 0) is 16.4 Å². The molecule has 0 unspecified atom stereocenters.